The summed E-state index contributed by atoms with van der Waals surface area (Å²) < 4.78 is 0. The molecule has 0 fully saturated rings. The zero-order valence-corrected chi connectivity index (χ0v) is 13.5. The lowest BCUT2D eigenvalue weighted by Gasteiger charge is -2.09. The molecular weight excluding hydrogens is 286 g/mol. The molecule has 1 heterocycles. The molecule has 0 aliphatic heterocycles. The van der Waals surface area contributed by atoms with E-state index in [1.165, 1.54) is 5.56 Å². The highest BCUT2D eigenvalue weighted by molar-refractivity contribution is 5.87. The molecule has 0 radical (unpaired) electrons. The molecule has 23 heavy (non-hydrogen) atoms. The Bertz CT molecular complexity index is 901. The van der Waals surface area contributed by atoms with E-state index in [1.54, 1.807) is 24.4 Å². The third kappa shape index (κ3) is 3.16. The van der Waals surface area contributed by atoms with Gasteiger partial charge in [-0.15, -0.1) is 0 Å². The molecule has 2 N–H and O–H groups in total. The van der Waals surface area contributed by atoms with Gasteiger partial charge in [0.2, 0.25) is 0 Å². The van der Waals surface area contributed by atoms with Crippen molar-refractivity contribution in [3.05, 3.63) is 64.7 Å². The minimum Gasteiger partial charge on any atom is -0.507 e. The average molecular weight is 305 g/mol. The fourth-order valence-electron chi connectivity index (χ4n) is 2.67. The van der Waals surface area contributed by atoms with Crippen LogP contribution in [0.4, 0.5) is 5.82 Å². The maximum absolute atomic E-state index is 9.72. The lowest BCUT2D eigenvalue weighted by atomic mass is 10.0. The van der Waals surface area contributed by atoms with Crippen molar-refractivity contribution in [3.8, 4) is 5.75 Å². The summed E-state index contributed by atoms with van der Waals surface area (Å²) in [5, 5.41) is 15.1. The van der Waals surface area contributed by atoms with Crippen molar-refractivity contribution in [2.75, 3.05) is 5.43 Å². The minimum absolute atomic E-state index is 0.201. The molecule has 2 aromatic carbocycles. The van der Waals surface area contributed by atoms with Crippen molar-refractivity contribution in [2.45, 2.75) is 20.8 Å². The Kier molecular flexibility index (Phi) is 3.98. The summed E-state index contributed by atoms with van der Waals surface area (Å²) in [6.07, 6.45) is 1.58. The molecule has 4 heteroatoms. The van der Waals surface area contributed by atoms with Crippen LogP contribution >= 0.6 is 0 Å². The first kappa shape index (κ1) is 15.0. The van der Waals surface area contributed by atoms with Gasteiger partial charge in [0.25, 0.3) is 0 Å². The van der Waals surface area contributed by atoms with Crippen LogP contribution in [0.15, 0.2) is 47.6 Å². The van der Waals surface area contributed by atoms with Crippen LogP contribution in [-0.2, 0) is 0 Å². The van der Waals surface area contributed by atoms with Crippen molar-refractivity contribution in [1.29, 1.82) is 0 Å². The van der Waals surface area contributed by atoms with Gasteiger partial charge in [-0.3, -0.25) is 5.43 Å². The highest BCUT2D eigenvalue weighted by Gasteiger charge is 2.06. The molecule has 116 valence electrons. The number of hydrogen-bond donors (Lipinski definition) is 2. The summed E-state index contributed by atoms with van der Waals surface area (Å²) in [4.78, 5) is 4.64. The van der Waals surface area contributed by atoms with Crippen LogP contribution in [0.2, 0.25) is 0 Å². The minimum atomic E-state index is 0.201. The highest BCUT2D eigenvalue weighted by Crippen LogP contribution is 2.24. The third-order valence-corrected chi connectivity index (χ3v) is 3.77. The number of hydrogen-bond acceptors (Lipinski definition) is 4. The summed E-state index contributed by atoms with van der Waals surface area (Å²) in [6.45, 7) is 6.23. The molecule has 0 bridgehead atoms. The number of phenolic OH excluding ortho intramolecular Hbond substituents is 1. The second-order valence-corrected chi connectivity index (χ2v) is 5.73. The molecule has 0 unspecified atom stereocenters. The zero-order valence-electron chi connectivity index (χ0n) is 13.5. The number of nitrogens with zero attached hydrogens (tertiary/aromatic N) is 2. The van der Waals surface area contributed by atoms with Crippen LogP contribution in [0.25, 0.3) is 10.9 Å². The molecule has 0 amide bonds. The van der Waals surface area contributed by atoms with E-state index in [0.29, 0.717) is 11.4 Å². The number of aryl methyl sites for hydroxylation is 3. The Morgan fingerprint density at radius 1 is 1.04 bits per heavy atom. The van der Waals surface area contributed by atoms with Gasteiger partial charge in [-0.05, 0) is 56.2 Å². The van der Waals surface area contributed by atoms with Crippen molar-refractivity contribution in [1.82, 2.24) is 4.98 Å². The van der Waals surface area contributed by atoms with E-state index in [1.807, 2.05) is 12.1 Å². The summed E-state index contributed by atoms with van der Waals surface area (Å²) >= 11 is 0. The van der Waals surface area contributed by atoms with Crippen LogP contribution < -0.4 is 5.43 Å². The van der Waals surface area contributed by atoms with E-state index in [2.05, 4.69) is 48.4 Å². The molecular formula is C19H19N3O. The second kappa shape index (κ2) is 6.08. The summed E-state index contributed by atoms with van der Waals surface area (Å²) in [5.41, 5.74) is 8.12. The molecule has 0 aliphatic rings. The molecule has 0 atom stereocenters. The predicted octanol–water partition coefficient (Wildman–Crippen LogP) is 4.31. The van der Waals surface area contributed by atoms with Crippen LogP contribution in [0.3, 0.4) is 0 Å². The number of aromatic hydroxyl groups is 1. The standard InChI is InChI=1S/C19H19N3O/c1-12-8-14(3)19-16(9-12)13(2)10-18(21-19)22-20-11-15-6-4-5-7-17(15)23/h4-11,23H,1-3H3,(H,21,22). The van der Waals surface area contributed by atoms with E-state index in [9.17, 15) is 5.11 Å². The average Bonchev–Trinajstić information content (AvgIpc) is 2.50. The van der Waals surface area contributed by atoms with Crippen molar-refractivity contribution >= 4 is 22.9 Å². The van der Waals surface area contributed by atoms with Crippen molar-refractivity contribution in [3.63, 3.8) is 0 Å². The first-order valence-corrected chi connectivity index (χ1v) is 7.50. The maximum atomic E-state index is 9.72. The first-order valence-electron chi connectivity index (χ1n) is 7.50. The molecule has 3 aromatic rings. The third-order valence-electron chi connectivity index (χ3n) is 3.77. The Balaban J connectivity index is 1.91. The van der Waals surface area contributed by atoms with Gasteiger partial charge < -0.3 is 5.11 Å². The Morgan fingerprint density at radius 2 is 1.83 bits per heavy atom. The largest absolute Gasteiger partial charge is 0.507 e. The molecule has 0 aliphatic carbocycles. The quantitative estimate of drug-likeness (QED) is 0.560. The van der Waals surface area contributed by atoms with Crippen LogP contribution in [0.1, 0.15) is 22.3 Å². The zero-order chi connectivity index (χ0) is 16.4. The normalized spacial score (nSPS) is 11.3. The van der Waals surface area contributed by atoms with Gasteiger partial charge in [-0.1, -0.05) is 23.8 Å². The summed E-state index contributed by atoms with van der Waals surface area (Å²) in [5.74, 6) is 0.889. The van der Waals surface area contributed by atoms with Crippen LogP contribution in [-0.4, -0.2) is 16.3 Å². The molecule has 0 spiro atoms. The lowest BCUT2D eigenvalue weighted by Crippen LogP contribution is -1.97. The second-order valence-electron chi connectivity index (χ2n) is 5.73. The topological polar surface area (TPSA) is 57.5 Å². The Labute approximate surface area is 135 Å². The number of rotatable bonds is 3. The van der Waals surface area contributed by atoms with E-state index < -0.39 is 0 Å². The molecule has 3 rings (SSSR count). The number of nitrogens with one attached hydrogen (secondary N) is 1. The number of benzene rings is 2. The first-order chi connectivity index (χ1) is 11.0. The monoisotopic (exact) mass is 305 g/mol. The molecule has 1 aromatic heterocycles. The summed E-state index contributed by atoms with van der Waals surface area (Å²) in [7, 11) is 0. The van der Waals surface area contributed by atoms with Gasteiger partial charge in [0.15, 0.2) is 0 Å². The van der Waals surface area contributed by atoms with Gasteiger partial charge in [0.1, 0.15) is 11.6 Å². The van der Waals surface area contributed by atoms with Crippen LogP contribution in [0, 0.1) is 20.8 Å². The molecule has 0 saturated heterocycles. The SMILES string of the molecule is Cc1cc(C)c2nc(NN=Cc3ccccc3O)cc(C)c2c1. The maximum Gasteiger partial charge on any atom is 0.147 e. The lowest BCUT2D eigenvalue weighted by molar-refractivity contribution is 0.474. The number of aromatic nitrogens is 1. The van der Waals surface area contributed by atoms with E-state index >= 15 is 0 Å². The molecule has 4 nitrogen and oxygen atoms in total. The number of anilines is 1. The van der Waals surface area contributed by atoms with Crippen molar-refractivity contribution in [2.24, 2.45) is 5.10 Å². The van der Waals surface area contributed by atoms with Gasteiger partial charge in [-0.25, -0.2) is 4.98 Å². The number of pyridine rings is 1. The highest BCUT2D eigenvalue weighted by atomic mass is 16.3. The number of para-hydroxylation sites is 1. The van der Waals surface area contributed by atoms with Gasteiger partial charge in [-0.2, -0.15) is 5.10 Å². The Morgan fingerprint density at radius 3 is 2.61 bits per heavy atom. The van der Waals surface area contributed by atoms with Gasteiger partial charge in [0.05, 0.1) is 11.7 Å². The number of fused-ring (bicyclic) bond motifs is 1. The fourth-order valence-corrected chi connectivity index (χ4v) is 2.67. The predicted molar refractivity (Wildman–Crippen MR) is 95.3 cm³/mol. The number of hydrazone groups is 1. The van der Waals surface area contributed by atoms with Gasteiger partial charge in [0, 0.05) is 10.9 Å². The fraction of sp³-hybridized carbons (Fsp3) is 0.158. The smallest absolute Gasteiger partial charge is 0.147 e. The molecule has 0 saturated carbocycles. The summed E-state index contributed by atoms with van der Waals surface area (Å²) in [6, 6.07) is 13.3. The van der Waals surface area contributed by atoms with E-state index in [4.69, 9.17) is 0 Å². The van der Waals surface area contributed by atoms with E-state index in [0.717, 1.165) is 22.0 Å². The Hall–Kier alpha value is -2.88. The van der Waals surface area contributed by atoms with Crippen molar-refractivity contribution < 1.29 is 5.11 Å². The number of phenols is 1. The van der Waals surface area contributed by atoms with E-state index in [-0.39, 0.29) is 5.75 Å². The van der Waals surface area contributed by atoms with Crippen LogP contribution in [0.5, 0.6) is 5.75 Å². The van der Waals surface area contributed by atoms with Gasteiger partial charge >= 0.3 is 0 Å².